The first-order valence-corrected chi connectivity index (χ1v) is 6.41. The summed E-state index contributed by atoms with van der Waals surface area (Å²) >= 11 is 0. The van der Waals surface area contributed by atoms with Gasteiger partial charge in [0.15, 0.2) is 0 Å². The molecule has 1 saturated heterocycles. The number of rotatable bonds is 4. The third-order valence-electron chi connectivity index (χ3n) is 3.43. The Balaban J connectivity index is 2.16. The van der Waals surface area contributed by atoms with Gasteiger partial charge in [-0.2, -0.15) is 0 Å². The van der Waals surface area contributed by atoms with E-state index >= 15 is 0 Å². The number of hydrogen-bond donors (Lipinski definition) is 1. The van der Waals surface area contributed by atoms with Gasteiger partial charge in [-0.15, -0.1) is 0 Å². The fourth-order valence-electron chi connectivity index (χ4n) is 2.32. The summed E-state index contributed by atoms with van der Waals surface area (Å²) in [5, 5.41) is 0. The number of methoxy groups -OCH3 is 2. The molecule has 1 amide bonds. The van der Waals surface area contributed by atoms with Gasteiger partial charge in [0.2, 0.25) is 5.91 Å². The Morgan fingerprint density at radius 3 is 2.84 bits per heavy atom. The molecule has 5 heteroatoms. The highest BCUT2D eigenvalue weighted by Crippen LogP contribution is 2.26. The molecule has 2 rings (SSSR count). The van der Waals surface area contributed by atoms with Gasteiger partial charge in [0.25, 0.3) is 0 Å². The van der Waals surface area contributed by atoms with Crippen molar-refractivity contribution in [1.82, 2.24) is 4.90 Å². The Labute approximate surface area is 113 Å². The van der Waals surface area contributed by atoms with E-state index in [-0.39, 0.29) is 11.9 Å². The molecule has 0 radical (unpaired) electrons. The lowest BCUT2D eigenvalue weighted by molar-refractivity contribution is -0.135. The van der Waals surface area contributed by atoms with Crippen molar-refractivity contribution in [2.45, 2.75) is 25.4 Å². The summed E-state index contributed by atoms with van der Waals surface area (Å²) in [5.41, 5.74) is 6.76. The van der Waals surface area contributed by atoms with Crippen LogP contribution in [-0.4, -0.2) is 37.6 Å². The predicted molar refractivity (Wildman–Crippen MR) is 72.2 cm³/mol. The fraction of sp³-hybridized carbons (Fsp3) is 0.500. The number of carbonyl (C=O) groups is 1. The molecule has 0 spiro atoms. The Bertz CT molecular complexity index is 462. The number of nitrogens with two attached hydrogens (primary N) is 1. The van der Waals surface area contributed by atoms with E-state index in [1.807, 2.05) is 18.2 Å². The minimum absolute atomic E-state index is 0.0177. The van der Waals surface area contributed by atoms with Gasteiger partial charge >= 0.3 is 0 Å². The zero-order chi connectivity index (χ0) is 13.8. The number of likely N-dealkylation sites (tertiary alicyclic amines) is 1. The van der Waals surface area contributed by atoms with E-state index in [1.54, 1.807) is 19.1 Å². The smallest absolute Gasteiger partial charge is 0.239 e. The SMILES string of the molecule is COc1ccc(CN2CCCC(N)C2=O)c(OC)c1. The predicted octanol–water partition coefficient (Wildman–Crippen LogP) is 1.15. The van der Waals surface area contributed by atoms with E-state index in [0.29, 0.717) is 6.54 Å². The van der Waals surface area contributed by atoms with Gasteiger partial charge < -0.3 is 20.1 Å². The topological polar surface area (TPSA) is 64.8 Å². The average molecular weight is 264 g/mol. The normalized spacial score (nSPS) is 19.4. The highest BCUT2D eigenvalue weighted by molar-refractivity contribution is 5.82. The minimum atomic E-state index is -0.363. The van der Waals surface area contributed by atoms with E-state index in [0.717, 1.165) is 36.4 Å². The molecule has 5 nitrogen and oxygen atoms in total. The van der Waals surface area contributed by atoms with Crippen LogP contribution in [-0.2, 0) is 11.3 Å². The average Bonchev–Trinajstić information content (AvgIpc) is 2.44. The van der Waals surface area contributed by atoms with Gasteiger partial charge in [0, 0.05) is 24.7 Å². The number of carbonyl (C=O) groups excluding carboxylic acids is 1. The van der Waals surface area contributed by atoms with Crippen LogP contribution in [0.2, 0.25) is 0 Å². The zero-order valence-electron chi connectivity index (χ0n) is 11.4. The van der Waals surface area contributed by atoms with Crippen molar-refractivity contribution in [1.29, 1.82) is 0 Å². The van der Waals surface area contributed by atoms with Crippen molar-refractivity contribution < 1.29 is 14.3 Å². The molecular weight excluding hydrogens is 244 g/mol. The summed E-state index contributed by atoms with van der Waals surface area (Å²) < 4.78 is 10.5. The van der Waals surface area contributed by atoms with Crippen molar-refractivity contribution in [3.63, 3.8) is 0 Å². The van der Waals surface area contributed by atoms with Crippen molar-refractivity contribution in [3.8, 4) is 11.5 Å². The third-order valence-corrected chi connectivity index (χ3v) is 3.43. The molecule has 1 atom stereocenters. The van der Waals surface area contributed by atoms with E-state index in [4.69, 9.17) is 15.2 Å². The first-order chi connectivity index (χ1) is 9.15. The largest absolute Gasteiger partial charge is 0.497 e. The van der Waals surface area contributed by atoms with Crippen LogP contribution in [0.5, 0.6) is 11.5 Å². The summed E-state index contributed by atoms with van der Waals surface area (Å²) in [6, 6.07) is 5.25. The lowest BCUT2D eigenvalue weighted by Crippen LogP contribution is -2.47. The van der Waals surface area contributed by atoms with Crippen molar-refractivity contribution >= 4 is 5.91 Å². The second-order valence-corrected chi connectivity index (χ2v) is 4.69. The van der Waals surface area contributed by atoms with Crippen LogP contribution in [0.15, 0.2) is 18.2 Å². The van der Waals surface area contributed by atoms with E-state index in [1.165, 1.54) is 0 Å². The molecule has 1 aliphatic rings. The first-order valence-electron chi connectivity index (χ1n) is 6.41. The van der Waals surface area contributed by atoms with Crippen molar-refractivity contribution in [3.05, 3.63) is 23.8 Å². The minimum Gasteiger partial charge on any atom is -0.497 e. The van der Waals surface area contributed by atoms with Gasteiger partial charge in [-0.3, -0.25) is 4.79 Å². The van der Waals surface area contributed by atoms with Crippen LogP contribution in [0.4, 0.5) is 0 Å². The molecule has 1 unspecified atom stereocenters. The number of hydrogen-bond acceptors (Lipinski definition) is 4. The van der Waals surface area contributed by atoms with Gasteiger partial charge in [0.1, 0.15) is 11.5 Å². The number of benzene rings is 1. The number of nitrogens with zero attached hydrogens (tertiary/aromatic N) is 1. The van der Waals surface area contributed by atoms with Crippen LogP contribution < -0.4 is 15.2 Å². The van der Waals surface area contributed by atoms with Crippen LogP contribution in [0.1, 0.15) is 18.4 Å². The number of amides is 1. The first kappa shape index (κ1) is 13.7. The molecule has 1 aromatic carbocycles. The van der Waals surface area contributed by atoms with Crippen molar-refractivity contribution in [2.75, 3.05) is 20.8 Å². The lowest BCUT2D eigenvalue weighted by atomic mass is 10.0. The Morgan fingerprint density at radius 1 is 1.37 bits per heavy atom. The van der Waals surface area contributed by atoms with Gasteiger partial charge in [-0.25, -0.2) is 0 Å². The Hall–Kier alpha value is -1.75. The molecule has 19 heavy (non-hydrogen) atoms. The van der Waals surface area contributed by atoms with Gasteiger partial charge in [-0.05, 0) is 25.0 Å². The fourth-order valence-corrected chi connectivity index (χ4v) is 2.32. The van der Waals surface area contributed by atoms with Crippen molar-refractivity contribution in [2.24, 2.45) is 5.73 Å². The maximum Gasteiger partial charge on any atom is 0.239 e. The molecule has 0 aliphatic carbocycles. The summed E-state index contributed by atoms with van der Waals surface area (Å²) in [7, 11) is 3.23. The molecule has 2 N–H and O–H groups in total. The Morgan fingerprint density at radius 2 is 2.16 bits per heavy atom. The second-order valence-electron chi connectivity index (χ2n) is 4.69. The standard InChI is InChI=1S/C14H20N2O3/c1-18-11-6-5-10(13(8-11)19-2)9-16-7-3-4-12(15)14(16)17/h5-6,8,12H,3-4,7,9,15H2,1-2H3. The van der Waals surface area contributed by atoms with E-state index < -0.39 is 0 Å². The van der Waals surface area contributed by atoms with E-state index in [9.17, 15) is 4.79 Å². The molecule has 1 fully saturated rings. The summed E-state index contributed by atoms with van der Waals surface area (Å²) in [6.45, 7) is 1.28. The highest BCUT2D eigenvalue weighted by Gasteiger charge is 2.26. The molecule has 0 saturated carbocycles. The number of ether oxygens (including phenoxy) is 2. The third kappa shape index (κ3) is 2.98. The maximum absolute atomic E-state index is 12.0. The lowest BCUT2D eigenvalue weighted by Gasteiger charge is -2.30. The van der Waals surface area contributed by atoms with Crippen LogP contribution in [0, 0.1) is 0 Å². The monoisotopic (exact) mass is 264 g/mol. The second kappa shape index (κ2) is 5.93. The molecule has 1 aliphatic heterocycles. The molecule has 1 aromatic rings. The summed E-state index contributed by atoms with van der Waals surface area (Å²) in [5.74, 6) is 1.48. The van der Waals surface area contributed by atoms with Crippen LogP contribution in [0.25, 0.3) is 0 Å². The maximum atomic E-state index is 12.0. The van der Waals surface area contributed by atoms with Gasteiger partial charge in [-0.1, -0.05) is 0 Å². The molecular formula is C14H20N2O3. The highest BCUT2D eigenvalue weighted by atomic mass is 16.5. The zero-order valence-corrected chi connectivity index (χ0v) is 11.4. The summed E-state index contributed by atoms with van der Waals surface area (Å²) in [6.07, 6.45) is 1.72. The molecule has 1 heterocycles. The van der Waals surface area contributed by atoms with Gasteiger partial charge in [0.05, 0.1) is 20.3 Å². The Kier molecular flexibility index (Phi) is 4.27. The molecule has 104 valence electrons. The van der Waals surface area contributed by atoms with E-state index in [2.05, 4.69) is 0 Å². The van der Waals surface area contributed by atoms with Crippen LogP contribution >= 0.6 is 0 Å². The quantitative estimate of drug-likeness (QED) is 0.886. The van der Waals surface area contributed by atoms with Crippen LogP contribution in [0.3, 0.4) is 0 Å². The molecule has 0 aromatic heterocycles. The number of piperidine rings is 1. The molecule has 0 bridgehead atoms. The summed E-state index contributed by atoms with van der Waals surface area (Å²) in [4.78, 5) is 13.8.